The largest absolute Gasteiger partial charge is 0.371 e. The fraction of sp³-hybridized carbons (Fsp3) is 0.276. The average Bonchev–Trinajstić information content (AvgIpc) is 2.89. The molecular formula is C29H28ClN3O3. The van der Waals surface area contributed by atoms with Crippen molar-refractivity contribution in [1.29, 1.82) is 0 Å². The van der Waals surface area contributed by atoms with Crippen LogP contribution in [-0.4, -0.2) is 33.0 Å². The van der Waals surface area contributed by atoms with Gasteiger partial charge in [-0.1, -0.05) is 72.3 Å². The molecule has 0 radical (unpaired) electrons. The van der Waals surface area contributed by atoms with Crippen molar-refractivity contribution in [2.45, 2.75) is 45.0 Å². The number of rotatable bonds is 8. The zero-order chi connectivity index (χ0) is 24.9. The molecule has 3 aromatic carbocycles. The first-order chi connectivity index (χ1) is 17.6. The van der Waals surface area contributed by atoms with Gasteiger partial charge >= 0.3 is 0 Å². The van der Waals surface area contributed by atoms with Gasteiger partial charge in [-0.15, -0.1) is 0 Å². The zero-order valence-electron chi connectivity index (χ0n) is 20.0. The molecule has 1 aliphatic heterocycles. The van der Waals surface area contributed by atoms with Crippen LogP contribution in [0.5, 0.6) is 0 Å². The SMILES string of the molecule is O=C1CCCC(COCc2nc3cc(Cl)ccc3c(=O)n2Cc2ccccc2)N1Cc1ccccc1. The minimum atomic E-state index is -0.127. The molecule has 7 heteroatoms. The summed E-state index contributed by atoms with van der Waals surface area (Å²) in [6, 6.07) is 24.9. The van der Waals surface area contributed by atoms with E-state index < -0.39 is 0 Å². The first-order valence-electron chi connectivity index (χ1n) is 12.2. The minimum Gasteiger partial charge on any atom is -0.371 e. The van der Waals surface area contributed by atoms with E-state index in [1.165, 1.54) is 0 Å². The van der Waals surface area contributed by atoms with Gasteiger partial charge in [0, 0.05) is 18.0 Å². The zero-order valence-corrected chi connectivity index (χ0v) is 20.7. The third kappa shape index (κ3) is 5.50. The summed E-state index contributed by atoms with van der Waals surface area (Å²) in [6.45, 7) is 1.51. The van der Waals surface area contributed by atoms with Gasteiger partial charge in [0.15, 0.2) is 0 Å². The Hall–Kier alpha value is -3.48. The second kappa shape index (κ2) is 11.1. The Morgan fingerprint density at radius 2 is 1.61 bits per heavy atom. The second-order valence-corrected chi connectivity index (χ2v) is 9.57. The van der Waals surface area contributed by atoms with Gasteiger partial charge in [0.2, 0.25) is 5.91 Å². The van der Waals surface area contributed by atoms with Crippen LogP contribution in [0, 0.1) is 0 Å². The number of hydrogen-bond acceptors (Lipinski definition) is 4. The Labute approximate surface area is 215 Å². The molecule has 184 valence electrons. The van der Waals surface area contributed by atoms with Crippen LogP contribution in [0.1, 0.15) is 36.2 Å². The second-order valence-electron chi connectivity index (χ2n) is 9.13. The smallest absolute Gasteiger partial charge is 0.261 e. The molecule has 1 saturated heterocycles. The molecule has 0 bridgehead atoms. The number of hydrogen-bond donors (Lipinski definition) is 0. The summed E-state index contributed by atoms with van der Waals surface area (Å²) >= 11 is 6.18. The van der Waals surface area contributed by atoms with Crippen molar-refractivity contribution in [2.75, 3.05) is 6.61 Å². The number of nitrogens with zero attached hydrogens (tertiary/aromatic N) is 3. The van der Waals surface area contributed by atoms with Crippen molar-refractivity contribution in [2.24, 2.45) is 0 Å². The maximum atomic E-state index is 13.4. The molecule has 5 rings (SSSR count). The number of halogens is 1. The summed E-state index contributed by atoms with van der Waals surface area (Å²) < 4.78 is 7.80. The van der Waals surface area contributed by atoms with Crippen molar-refractivity contribution in [3.05, 3.63) is 111 Å². The lowest BCUT2D eigenvalue weighted by atomic mass is 10.0. The van der Waals surface area contributed by atoms with Crippen LogP contribution in [0.25, 0.3) is 10.9 Å². The average molecular weight is 502 g/mol. The third-order valence-electron chi connectivity index (χ3n) is 6.61. The maximum Gasteiger partial charge on any atom is 0.261 e. The van der Waals surface area contributed by atoms with Crippen molar-refractivity contribution < 1.29 is 9.53 Å². The molecule has 1 fully saturated rings. The summed E-state index contributed by atoms with van der Waals surface area (Å²) in [7, 11) is 0. The molecular weight excluding hydrogens is 474 g/mol. The van der Waals surface area contributed by atoms with E-state index >= 15 is 0 Å². The van der Waals surface area contributed by atoms with E-state index in [0.717, 1.165) is 24.0 Å². The van der Waals surface area contributed by atoms with E-state index in [9.17, 15) is 9.59 Å². The maximum absolute atomic E-state index is 13.4. The molecule has 0 aliphatic carbocycles. The van der Waals surface area contributed by atoms with Crippen LogP contribution in [0.4, 0.5) is 0 Å². The first-order valence-corrected chi connectivity index (χ1v) is 12.6. The van der Waals surface area contributed by atoms with Gasteiger partial charge in [-0.05, 0) is 42.2 Å². The van der Waals surface area contributed by atoms with Crippen molar-refractivity contribution in [3.63, 3.8) is 0 Å². The van der Waals surface area contributed by atoms with Crippen LogP contribution < -0.4 is 5.56 Å². The number of likely N-dealkylation sites (tertiary alicyclic amines) is 1. The van der Waals surface area contributed by atoms with E-state index in [1.807, 2.05) is 65.6 Å². The fourth-order valence-corrected chi connectivity index (χ4v) is 4.89. The predicted octanol–water partition coefficient (Wildman–Crippen LogP) is 5.20. The molecule has 1 amide bonds. The number of fused-ring (bicyclic) bond motifs is 1. The van der Waals surface area contributed by atoms with Crippen molar-refractivity contribution in [3.8, 4) is 0 Å². The molecule has 0 saturated carbocycles. The molecule has 6 nitrogen and oxygen atoms in total. The van der Waals surface area contributed by atoms with Crippen LogP contribution >= 0.6 is 11.6 Å². The van der Waals surface area contributed by atoms with Gasteiger partial charge in [0.05, 0.1) is 30.1 Å². The number of aromatic nitrogens is 2. The van der Waals surface area contributed by atoms with E-state index in [0.29, 0.717) is 47.9 Å². The van der Waals surface area contributed by atoms with Crippen molar-refractivity contribution in [1.82, 2.24) is 14.5 Å². The van der Waals surface area contributed by atoms with Crippen LogP contribution in [0.15, 0.2) is 83.7 Å². The molecule has 0 spiro atoms. The highest BCUT2D eigenvalue weighted by molar-refractivity contribution is 6.31. The van der Waals surface area contributed by atoms with Gasteiger partial charge in [-0.25, -0.2) is 4.98 Å². The van der Waals surface area contributed by atoms with E-state index in [-0.39, 0.29) is 24.1 Å². The fourth-order valence-electron chi connectivity index (χ4n) is 4.73. The number of amides is 1. The number of carbonyl (C=O) groups is 1. The normalized spacial score (nSPS) is 16.0. The summed E-state index contributed by atoms with van der Waals surface area (Å²) in [5.41, 5.74) is 2.53. The minimum absolute atomic E-state index is 0.0179. The first kappa shape index (κ1) is 24.2. The Bertz CT molecular complexity index is 1410. The van der Waals surface area contributed by atoms with Crippen LogP contribution in [0.2, 0.25) is 5.02 Å². The highest BCUT2D eigenvalue weighted by Crippen LogP contribution is 2.22. The van der Waals surface area contributed by atoms with E-state index in [1.54, 1.807) is 22.8 Å². The van der Waals surface area contributed by atoms with Gasteiger partial charge in [0.25, 0.3) is 5.56 Å². The lowest BCUT2D eigenvalue weighted by Crippen LogP contribution is -2.45. The Morgan fingerprint density at radius 3 is 2.33 bits per heavy atom. The highest BCUT2D eigenvalue weighted by atomic mass is 35.5. The molecule has 1 unspecified atom stereocenters. The molecule has 1 aliphatic rings. The summed E-state index contributed by atoms with van der Waals surface area (Å²) in [5, 5.41) is 1.05. The predicted molar refractivity (Wildman–Crippen MR) is 141 cm³/mol. The molecule has 1 aromatic heterocycles. The lowest BCUT2D eigenvalue weighted by Gasteiger charge is -2.35. The molecule has 36 heavy (non-hydrogen) atoms. The van der Waals surface area contributed by atoms with Gasteiger partial charge < -0.3 is 9.64 Å². The Kier molecular flexibility index (Phi) is 7.44. The van der Waals surface area contributed by atoms with Crippen LogP contribution in [-0.2, 0) is 29.2 Å². The van der Waals surface area contributed by atoms with Gasteiger partial charge in [-0.2, -0.15) is 0 Å². The van der Waals surface area contributed by atoms with Crippen molar-refractivity contribution >= 4 is 28.4 Å². The van der Waals surface area contributed by atoms with E-state index in [2.05, 4.69) is 0 Å². The number of ether oxygens (including phenoxy) is 1. The van der Waals surface area contributed by atoms with Gasteiger partial charge in [-0.3, -0.25) is 14.2 Å². The molecule has 2 heterocycles. The van der Waals surface area contributed by atoms with Gasteiger partial charge in [0.1, 0.15) is 12.4 Å². The summed E-state index contributed by atoms with van der Waals surface area (Å²) in [5.74, 6) is 0.688. The quantitative estimate of drug-likeness (QED) is 0.333. The number of carbonyl (C=O) groups excluding carboxylic acids is 1. The Balaban J connectivity index is 1.37. The summed E-state index contributed by atoms with van der Waals surface area (Å²) in [4.78, 5) is 32.8. The Morgan fingerprint density at radius 1 is 0.917 bits per heavy atom. The molecule has 0 N–H and O–H groups in total. The molecule has 4 aromatic rings. The standard InChI is InChI=1S/C29H28ClN3O3/c30-23-14-15-25-26(16-23)31-27(33(29(25)35)18-22-10-5-2-6-11-22)20-36-19-24-12-7-13-28(34)32(24)17-21-8-3-1-4-9-21/h1-6,8-11,14-16,24H,7,12-13,17-20H2. The number of piperidine rings is 1. The third-order valence-corrected chi connectivity index (χ3v) is 6.84. The summed E-state index contributed by atoms with van der Waals surface area (Å²) in [6.07, 6.45) is 2.30. The monoisotopic (exact) mass is 501 g/mol. The number of benzene rings is 3. The molecule has 1 atom stereocenters. The van der Waals surface area contributed by atoms with Crippen LogP contribution in [0.3, 0.4) is 0 Å². The highest BCUT2D eigenvalue weighted by Gasteiger charge is 2.28. The topological polar surface area (TPSA) is 64.4 Å². The lowest BCUT2D eigenvalue weighted by molar-refractivity contribution is -0.139. The van der Waals surface area contributed by atoms with E-state index in [4.69, 9.17) is 21.3 Å².